The van der Waals surface area contributed by atoms with Crippen molar-refractivity contribution in [3.8, 4) is 0 Å². The Morgan fingerprint density at radius 2 is 1.96 bits per heavy atom. The summed E-state index contributed by atoms with van der Waals surface area (Å²) in [6.45, 7) is 2.25. The number of carbonyl (C=O) groups excluding carboxylic acids is 1. The third-order valence-corrected chi connectivity index (χ3v) is 4.78. The van der Waals surface area contributed by atoms with Crippen molar-refractivity contribution >= 4 is 30.7 Å². The lowest BCUT2D eigenvalue weighted by atomic mass is 10.1. The number of hydrogen-bond acceptors (Lipinski definition) is 3. The van der Waals surface area contributed by atoms with Crippen LogP contribution in [0.4, 0.5) is 0 Å². The summed E-state index contributed by atoms with van der Waals surface area (Å²) in [5.41, 5.74) is 1.39. The van der Waals surface area contributed by atoms with Crippen molar-refractivity contribution in [1.29, 1.82) is 0 Å². The van der Waals surface area contributed by atoms with Gasteiger partial charge in [-0.3, -0.25) is 4.79 Å². The number of nitrogens with zero attached hydrogens (tertiary/aromatic N) is 2. The van der Waals surface area contributed by atoms with Crippen molar-refractivity contribution in [2.24, 2.45) is 0 Å². The van der Waals surface area contributed by atoms with E-state index in [0.717, 1.165) is 25.9 Å². The van der Waals surface area contributed by atoms with E-state index in [2.05, 4.69) is 48.6 Å². The van der Waals surface area contributed by atoms with Gasteiger partial charge >= 0.3 is 0 Å². The maximum Gasteiger partial charge on any atom is 0.236 e. The standard InChI is InChI=1S/C17H25N3O.2ClH/c1-19(2)14-8-9-20(12-14)17(21)11-18-16-10-15(16)13-6-4-3-5-7-13;;/h3-7,14-16,18H,8-12H2,1-2H3;2*1H/t14-,15?,16?;;/m0../s1. The van der Waals surface area contributed by atoms with Crippen LogP contribution in [-0.4, -0.2) is 61.5 Å². The summed E-state index contributed by atoms with van der Waals surface area (Å²) in [4.78, 5) is 16.4. The maximum atomic E-state index is 12.2. The van der Waals surface area contributed by atoms with E-state index in [0.29, 0.717) is 24.5 Å². The number of likely N-dealkylation sites (N-methyl/N-ethyl adjacent to an activating group) is 1. The fourth-order valence-corrected chi connectivity index (χ4v) is 3.21. The molecule has 2 fully saturated rings. The molecule has 1 aromatic carbocycles. The third-order valence-electron chi connectivity index (χ3n) is 4.78. The number of benzene rings is 1. The molecule has 0 aromatic heterocycles. The molecule has 0 spiro atoms. The highest BCUT2D eigenvalue weighted by atomic mass is 35.5. The second-order valence-corrected chi connectivity index (χ2v) is 6.49. The van der Waals surface area contributed by atoms with Crippen LogP contribution in [0.2, 0.25) is 0 Å². The van der Waals surface area contributed by atoms with Crippen LogP contribution in [0.25, 0.3) is 0 Å². The fraction of sp³-hybridized carbons (Fsp3) is 0.588. The molecule has 1 N–H and O–H groups in total. The number of carbonyl (C=O) groups is 1. The Hall–Kier alpha value is -0.810. The van der Waals surface area contributed by atoms with Crippen LogP contribution >= 0.6 is 24.8 Å². The minimum Gasteiger partial charge on any atom is -0.340 e. The van der Waals surface area contributed by atoms with Gasteiger partial charge in [0.1, 0.15) is 0 Å². The molecule has 3 rings (SSSR count). The SMILES string of the molecule is CN(C)[C@H]1CCN(C(=O)CNC2CC2c2ccccc2)C1.Cl.Cl. The summed E-state index contributed by atoms with van der Waals surface area (Å²) in [5.74, 6) is 0.838. The van der Waals surface area contributed by atoms with Crippen molar-refractivity contribution < 1.29 is 4.79 Å². The summed E-state index contributed by atoms with van der Waals surface area (Å²) in [6.07, 6.45) is 2.24. The van der Waals surface area contributed by atoms with Crippen molar-refractivity contribution in [3.63, 3.8) is 0 Å². The molecule has 3 atom stereocenters. The molecular weight excluding hydrogens is 333 g/mol. The molecule has 23 heavy (non-hydrogen) atoms. The van der Waals surface area contributed by atoms with Crippen molar-refractivity contribution in [3.05, 3.63) is 35.9 Å². The average Bonchev–Trinajstić information content (AvgIpc) is 3.09. The second-order valence-electron chi connectivity index (χ2n) is 6.49. The molecule has 1 saturated carbocycles. The van der Waals surface area contributed by atoms with Gasteiger partial charge in [0.05, 0.1) is 6.54 Å². The molecule has 1 heterocycles. The Bertz CT molecular complexity index is 498. The van der Waals surface area contributed by atoms with Crippen molar-refractivity contribution in [2.75, 3.05) is 33.7 Å². The van der Waals surface area contributed by atoms with Gasteiger partial charge in [-0.2, -0.15) is 0 Å². The monoisotopic (exact) mass is 359 g/mol. The first-order valence-electron chi connectivity index (χ1n) is 7.87. The first-order valence-corrected chi connectivity index (χ1v) is 7.87. The van der Waals surface area contributed by atoms with E-state index in [1.807, 2.05) is 11.0 Å². The molecule has 2 unspecified atom stereocenters. The Labute approximate surface area is 151 Å². The molecule has 1 aromatic rings. The summed E-state index contributed by atoms with van der Waals surface area (Å²) in [5, 5.41) is 3.42. The maximum absolute atomic E-state index is 12.2. The lowest BCUT2D eigenvalue weighted by Gasteiger charge is -2.20. The van der Waals surface area contributed by atoms with Gasteiger partial charge in [0.15, 0.2) is 0 Å². The minimum atomic E-state index is 0. The lowest BCUT2D eigenvalue weighted by molar-refractivity contribution is -0.129. The van der Waals surface area contributed by atoms with Crippen LogP contribution in [0.5, 0.6) is 0 Å². The van der Waals surface area contributed by atoms with E-state index in [4.69, 9.17) is 0 Å². The van der Waals surface area contributed by atoms with Gasteiger partial charge in [-0.25, -0.2) is 0 Å². The van der Waals surface area contributed by atoms with Gasteiger partial charge in [0.25, 0.3) is 0 Å². The fourth-order valence-electron chi connectivity index (χ4n) is 3.21. The number of likely N-dealkylation sites (tertiary alicyclic amines) is 1. The number of amides is 1. The van der Waals surface area contributed by atoms with Crippen molar-refractivity contribution in [1.82, 2.24) is 15.1 Å². The van der Waals surface area contributed by atoms with Crippen LogP contribution in [0.1, 0.15) is 24.3 Å². The zero-order valence-corrected chi connectivity index (χ0v) is 15.4. The predicted octanol–water partition coefficient (Wildman–Crippen LogP) is 2.14. The van der Waals surface area contributed by atoms with Crippen LogP contribution in [0, 0.1) is 0 Å². The number of halogens is 2. The summed E-state index contributed by atoms with van der Waals surface area (Å²) >= 11 is 0. The van der Waals surface area contributed by atoms with E-state index in [9.17, 15) is 4.79 Å². The van der Waals surface area contributed by atoms with Gasteiger partial charge < -0.3 is 15.1 Å². The molecular formula is C17H27Cl2N3O. The van der Waals surface area contributed by atoms with E-state index in [-0.39, 0.29) is 30.7 Å². The average molecular weight is 360 g/mol. The summed E-state index contributed by atoms with van der Waals surface area (Å²) < 4.78 is 0. The molecule has 2 aliphatic rings. The van der Waals surface area contributed by atoms with Crippen LogP contribution in [0.15, 0.2) is 30.3 Å². The number of hydrogen-bond donors (Lipinski definition) is 1. The molecule has 0 radical (unpaired) electrons. The summed E-state index contributed by atoms with van der Waals surface area (Å²) in [6, 6.07) is 11.6. The van der Waals surface area contributed by atoms with Crippen LogP contribution < -0.4 is 5.32 Å². The zero-order valence-electron chi connectivity index (χ0n) is 13.8. The Kier molecular flexibility index (Phi) is 7.81. The molecule has 1 amide bonds. The van der Waals surface area contributed by atoms with Gasteiger partial charge in [-0.05, 0) is 32.5 Å². The van der Waals surface area contributed by atoms with Gasteiger partial charge in [-0.1, -0.05) is 30.3 Å². The largest absolute Gasteiger partial charge is 0.340 e. The Balaban J connectivity index is 0.00000132. The summed E-state index contributed by atoms with van der Waals surface area (Å²) in [7, 11) is 4.18. The quantitative estimate of drug-likeness (QED) is 0.874. The van der Waals surface area contributed by atoms with Gasteiger partial charge in [0, 0.05) is 31.1 Å². The minimum absolute atomic E-state index is 0. The highest BCUT2D eigenvalue weighted by Gasteiger charge is 2.38. The molecule has 0 bridgehead atoms. The van der Waals surface area contributed by atoms with Gasteiger partial charge in [0.2, 0.25) is 5.91 Å². The van der Waals surface area contributed by atoms with E-state index < -0.39 is 0 Å². The Morgan fingerprint density at radius 1 is 1.26 bits per heavy atom. The Morgan fingerprint density at radius 3 is 2.57 bits per heavy atom. The molecule has 1 aliphatic carbocycles. The molecule has 1 aliphatic heterocycles. The first kappa shape index (κ1) is 20.2. The van der Waals surface area contributed by atoms with E-state index >= 15 is 0 Å². The smallest absolute Gasteiger partial charge is 0.236 e. The molecule has 130 valence electrons. The van der Waals surface area contributed by atoms with Crippen molar-refractivity contribution in [2.45, 2.75) is 30.8 Å². The van der Waals surface area contributed by atoms with Gasteiger partial charge in [-0.15, -0.1) is 24.8 Å². The molecule has 1 saturated heterocycles. The van der Waals surface area contributed by atoms with E-state index in [1.165, 1.54) is 5.56 Å². The highest BCUT2D eigenvalue weighted by Crippen LogP contribution is 2.40. The first-order chi connectivity index (χ1) is 10.1. The van der Waals surface area contributed by atoms with Crippen LogP contribution in [0.3, 0.4) is 0 Å². The third kappa shape index (κ3) is 5.08. The van der Waals surface area contributed by atoms with E-state index in [1.54, 1.807) is 0 Å². The molecule has 6 heteroatoms. The number of rotatable bonds is 5. The lowest BCUT2D eigenvalue weighted by Crippen LogP contribution is -2.39. The zero-order chi connectivity index (χ0) is 14.8. The van der Waals surface area contributed by atoms with Crippen LogP contribution in [-0.2, 0) is 4.79 Å². The molecule has 4 nitrogen and oxygen atoms in total. The second kappa shape index (κ2) is 8.88. The topological polar surface area (TPSA) is 35.6 Å². The predicted molar refractivity (Wildman–Crippen MR) is 98.8 cm³/mol. The normalized spacial score (nSPS) is 25.7. The highest BCUT2D eigenvalue weighted by molar-refractivity contribution is 5.85. The number of nitrogens with one attached hydrogen (secondary N) is 1.